The molecule has 3 aromatic rings. The van der Waals surface area contributed by atoms with E-state index in [4.69, 9.17) is 0 Å². The van der Waals surface area contributed by atoms with Gasteiger partial charge in [0, 0.05) is 23.8 Å². The topological polar surface area (TPSA) is 36.1 Å². The van der Waals surface area contributed by atoms with Crippen molar-refractivity contribution in [2.45, 2.75) is 13.5 Å². The number of H-pyrrole nitrogens is 1. The maximum absolute atomic E-state index is 11.9. The molecule has 3 heteroatoms. The molecular weight excluding hydrogens is 248 g/mol. The average Bonchev–Trinajstić information content (AvgIpc) is 2.88. The van der Waals surface area contributed by atoms with E-state index in [1.807, 2.05) is 48.5 Å². The van der Waals surface area contributed by atoms with Gasteiger partial charge >= 0.3 is 0 Å². The van der Waals surface area contributed by atoms with Crippen LogP contribution in [0.2, 0.25) is 0 Å². The Hall–Kier alpha value is -2.55. The van der Waals surface area contributed by atoms with Crippen LogP contribution in [-0.4, -0.2) is 10.9 Å². The van der Waals surface area contributed by atoms with Crippen LogP contribution in [0.5, 0.6) is 0 Å². The normalized spacial score (nSPS) is 10.7. The molecule has 1 aromatic heterocycles. The molecule has 0 fully saturated rings. The van der Waals surface area contributed by atoms with Crippen molar-refractivity contribution in [3.05, 3.63) is 66.4 Å². The van der Waals surface area contributed by atoms with E-state index < -0.39 is 0 Å². The Bertz CT molecular complexity index is 698. The number of carbonyl (C=O) groups is 1. The molecule has 0 radical (unpaired) electrons. The Balaban J connectivity index is 1.92. The number of anilines is 1. The second kappa shape index (κ2) is 5.21. The van der Waals surface area contributed by atoms with Gasteiger partial charge < -0.3 is 9.88 Å². The third-order valence-corrected chi connectivity index (χ3v) is 3.36. The molecule has 3 nitrogen and oxygen atoms in total. The van der Waals surface area contributed by atoms with Gasteiger partial charge in [0.05, 0.1) is 6.54 Å². The van der Waals surface area contributed by atoms with Crippen molar-refractivity contribution in [2.75, 3.05) is 4.90 Å². The molecule has 0 aliphatic heterocycles. The van der Waals surface area contributed by atoms with Crippen LogP contribution < -0.4 is 4.90 Å². The minimum absolute atomic E-state index is 0.0369. The molecule has 2 aromatic carbocycles. The number of fused-ring (bicyclic) bond motifs is 1. The summed E-state index contributed by atoms with van der Waals surface area (Å²) in [6, 6.07) is 19.9. The summed E-state index contributed by atoms with van der Waals surface area (Å²) in [5, 5.41) is 1.17. The summed E-state index contributed by atoms with van der Waals surface area (Å²) in [7, 11) is 0. The lowest BCUT2D eigenvalue weighted by Gasteiger charge is -2.20. The second-order valence-electron chi connectivity index (χ2n) is 4.82. The zero-order valence-corrected chi connectivity index (χ0v) is 11.3. The summed E-state index contributed by atoms with van der Waals surface area (Å²) in [6.07, 6.45) is 0. The second-order valence-corrected chi connectivity index (χ2v) is 4.82. The predicted octanol–water partition coefficient (Wildman–Crippen LogP) is 3.72. The third kappa shape index (κ3) is 2.43. The highest BCUT2D eigenvalue weighted by Gasteiger charge is 2.12. The van der Waals surface area contributed by atoms with Gasteiger partial charge in [0.1, 0.15) is 0 Å². The molecule has 0 unspecified atom stereocenters. The number of aromatic amines is 1. The van der Waals surface area contributed by atoms with Gasteiger partial charge in [-0.1, -0.05) is 36.4 Å². The number of hydrogen-bond acceptors (Lipinski definition) is 1. The first kappa shape index (κ1) is 12.5. The Labute approximate surface area is 117 Å². The zero-order chi connectivity index (χ0) is 13.9. The fourth-order valence-corrected chi connectivity index (χ4v) is 2.38. The van der Waals surface area contributed by atoms with Crippen LogP contribution in [-0.2, 0) is 11.3 Å². The lowest BCUT2D eigenvalue weighted by atomic mass is 10.2. The van der Waals surface area contributed by atoms with Crippen LogP contribution in [0.1, 0.15) is 12.6 Å². The number of nitrogens with one attached hydrogen (secondary N) is 1. The Kier molecular flexibility index (Phi) is 3.25. The van der Waals surface area contributed by atoms with E-state index in [2.05, 4.69) is 17.1 Å². The van der Waals surface area contributed by atoms with Gasteiger partial charge in [-0.15, -0.1) is 0 Å². The largest absolute Gasteiger partial charge is 0.357 e. The van der Waals surface area contributed by atoms with E-state index in [1.54, 1.807) is 11.8 Å². The number of aromatic nitrogens is 1. The highest BCUT2D eigenvalue weighted by Crippen LogP contribution is 2.20. The summed E-state index contributed by atoms with van der Waals surface area (Å²) in [4.78, 5) is 17.0. The van der Waals surface area contributed by atoms with Crippen LogP contribution in [0.3, 0.4) is 0 Å². The molecule has 100 valence electrons. The molecule has 1 N–H and O–H groups in total. The zero-order valence-electron chi connectivity index (χ0n) is 11.3. The highest BCUT2D eigenvalue weighted by atomic mass is 16.2. The number of para-hydroxylation sites is 2. The van der Waals surface area contributed by atoms with E-state index in [1.165, 1.54) is 5.39 Å². The summed E-state index contributed by atoms with van der Waals surface area (Å²) in [5.41, 5.74) is 3.04. The van der Waals surface area contributed by atoms with Crippen LogP contribution in [0.25, 0.3) is 10.9 Å². The molecular formula is C17H16N2O. The van der Waals surface area contributed by atoms with Crippen molar-refractivity contribution in [1.82, 2.24) is 4.98 Å². The smallest absolute Gasteiger partial charge is 0.224 e. The summed E-state index contributed by atoms with van der Waals surface area (Å²) >= 11 is 0. The molecule has 0 saturated carbocycles. The molecule has 0 saturated heterocycles. The number of amides is 1. The van der Waals surface area contributed by atoms with Gasteiger partial charge in [0.2, 0.25) is 5.91 Å². The van der Waals surface area contributed by atoms with Gasteiger partial charge in [-0.2, -0.15) is 0 Å². The van der Waals surface area contributed by atoms with Gasteiger partial charge in [-0.3, -0.25) is 4.79 Å². The van der Waals surface area contributed by atoms with E-state index in [9.17, 15) is 4.79 Å². The van der Waals surface area contributed by atoms with Gasteiger partial charge in [0.15, 0.2) is 0 Å². The molecule has 20 heavy (non-hydrogen) atoms. The standard InChI is InChI=1S/C17H16N2O/c1-13(20)19(16-8-3-2-4-9-16)12-15-11-14-7-5-6-10-17(14)18-15/h2-11,18H,12H2,1H3. The van der Waals surface area contributed by atoms with E-state index in [0.717, 1.165) is 16.9 Å². The van der Waals surface area contributed by atoms with Crippen molar-refractivity contribution >= 4 is 22.5 Å². The maximum atomic E-state index is 11.9. The quantitative estimate of drug-likeness (QED) is 0.769. The third-order valence-electron chi connectivity index (χ3n) is 3.36. The van der Waals surface area contributed by atoms with Crippen LogP contribution in [0.15, 0.2) is 60.7 Å². The Morgan fingerprint density at radius 3 is 2.45 bits per heavy atom. The molecule has 0 aliphatic carbocycles. The molecule has 0 bridgehead atoms. The Morgan fingerprint density at radius 1 is 1.05 bits per heavy atom. The van der Waals surface area contributed by atoms with Crippen LogP contribution in [0.4, 0.5) is 5.69 Å². The first-order valence-electron chi connectivity index (χ1n) is 6.64. The minimum Gasteiger partial charge on any atom is -0.357 e. The average molecular weight is 264 g/mol. The van der Waals surface area contributed by atoms with Crippen molar-refractivity contribution < 1.29 is 4.79 Å². The van der Waals surface area contributed by atoms with Gasteiger partial charge in [-0.05, 0) is 29.7 Å². The van der Waals surface area contributed by atoms with Crippen molar-refractivity contribution in [3.63, 3.8) is 0 Å². The first-order valence-corrected chi connectivity index (χ1v) is 6.64. The summed E-state index contributed by atoms with van der Waals surface area (Å²) in [6.45, 7) is 2.14. The molecule has 1 amide bonds. The van der Waals surface area contributed by atoms with Gasteiger partial charge in [0.25, 0.3) is 0 Å². The fraction of sp³-hybridized carbons (Fsp3) is 0.118. The molecule has 3 rings (SSSR count). The molecule has 1 heterocycles. The maximum Gasteiger partial charge on any atom is 0.224 e. The minimum atomic E-state index is 0.0369. The molecule has 0 aliphatic rings. The van der Waals surface area contributed by atoms with Crippen LogP contribution >= 0.6 is 0 Å². The Morgan fingerprint density at radius 2 is 1.75 bits per heavy atom. The SMILES string of the molecule is CC(=O)N(Cc1cc2ccccc2[nH]1)c1ccccc1. The number of hydrogen-bond donors (Lipinski definition) is 1. The summed E-state index contributed by atoms with van der Waals surface area (Å²) < 4.78 is 0. The molecule has 0 spiro atoms. The van der Waals surface area contributed by atoms with Crippen molar-refractivity contribution in [2.24, 2.45) is 0 Å². The number of rotatable bonds is 3. The van der Waals surface area contributed by atoms with Crippen molar-refractivity contribution in [3.8, 4) is 0 Å². The predicted molar refractivity (Wildman–Crippen MR) is 81.6 cm³/mol. The summed E-state index contributed by atoms with van der Waals surface area (Å²) in [5.74, 6) is 0.0369. The first-order chi connectivity index (χ1) is 9.74. The van der Waals surface area contributed by atoms with E-state index in [-0.39, 0.29) is 5.91 Å². The number of carbonyl (C=O) groups excluding carboxylic acids is 1. The lowest BCUT2D eigenvalue weighted by molar-refractivity contribution is -0.116. The molecule has 0 atom stereocenters. The van der Waals surface area contributed by atoms with Crippen molar-refractivity contribution in [1.29, 1.82) is 0 Å². The van der Waals surface area contributed by atoms with Gasteiger partial charge in [-0.25, -0.2) is 0 Å². The fourth-order valence-electron chi connectivity index (χ4n) is 2.38. The van der Waals surface area contributed by atoms with E-state index in [0.29, 0.717) is 6.54 Å². The highest BCUT2D eigenvalue weighted by molar-refractivity contribution is 5.91. The number of nitrogens with zero attached hydrogens (tertiary/aromatic N) is 1. The lowest BCUT2D eigenvalue weighted by Crippen LogP contribution is -2.27. The number of benzene rings is 2. The van der Waals surface area contributed by atoms with Crippen LogP contribution in [0, 0.1) is 0 Å². The van der Waals surface area contributed by atoms with E-state index >= 15 is 0 Å². The monoisotopic (exact) mass is 264 g/mol.